The van der Waals surface area contributed by atoms with Gasteiger partial charge < -0.3 is 19.6 Å². The topological polar surface area (TPSA) is 106 Å². The van der Waals surface area contributed by atoms with Crippen molar-refractivity contribution >= 4 is 17.0 Å². The molecule has 0 amide bonds. The van der Waals surface area contributed by atoms with E-state index in [2.05, 4.69) is 55.1 Å². The Bertz CT molecular complexity index is 1470. The molecule has 2 aliphatic heterocycles. The van der Waals surface area contributed by atoms with Crippen LogP contribution in [0.3, 0.4) is 0 Å². The lowest BCUT2D eigenvalue weighted by Crippen LogP contribution is -2.60. The largest absolute Gasteiger partial charge is 0.481 e. The maximum atomic E-state index is 10.2. The highest BCUT2D eigenvalue weighted by molar-refractivity contribution is 5.86. The lowest BCUT2D eigenvalue weighted by atomic mass is 9.95. The third-order valence-corrected chi connectivity index (χ3v) is 7.31. The number of pyridine rings is 3. The van der Waals surface area contributed by atoms with E-state index in [1.165, 1.54) is 5.56 Å². The number of rotatable bonds is 6. The van der Waals surface area contributed by atoms with Crippen LogP contribution in [0.25, 0.3) is 16.6 Å². The Morgan fingerprint density at radius 3 is 2.47 bits per heavy atom. The standard InChI is InChI=1S/C28H30N8O2/c1-28(37)18-35(19-28)23-11-24(27-22(12-29)15-32-36(27)17-23)21-4-5-25(30-14-21)34-9-7-33(8-10-34)16-20-3-6-26(38-2)31-13-20/h3-6,11,13-15,17,37H,7-10,16,18-19H2,1-2H3. The summed E-state index contributed by atoms with van der Waals surface area (Å²) in [6.07, 6.45) is 7.26. The molecule has 0 radical (unpaired) electrons. The number of hydrogen-bond donors (Lipinski definition) is 1. The summed E-state index contributed by atoms with van der Waals surface area (Å²) < 4.78 is 6.90. The van der Waals surface area contributed by atoms with Crippen molar-refractivity contribution in [2.45, 2.75) is 19.1 Å². The fraction of sp³-hybridized carbons (Fsp3) is 0.357. The number of nitriles is 1. The second kappa shape index (κ2) is 9.59. The molecule has 6 heterocycles. The van der Waals surface area contributed by atoms with Crippen molar-refractivity contribution in [3.63, 3.8) is 0 Å². The number of piperazine rings is 1. The zero-order valence-corrected chi connectivity index (χ0v) is 21.6. The normalized spacial score (nSPS) is 17.3. The Kier molecular flexibility index (Phi) is 6.10. The fourth-order valence-corrected chi connectivity index (χ4v) is 5.29. The summed E-state index contributed by atoms with van der Waals surface area (Å²) >= 11 is 0. The number of β-amino-alcohol motifs (C(OH)–C–C–N with tert-alkyl or cyclic N) is 1. The van der Waals surface area contributed by atoms with Crippen LogP contribution in [0.2, 0.25) is 0 Å². The van der Waals surface area contributed by atoms with Gasteiger partial charge in [-0.05, 0) is 30.7 Å². The maximum absolute atomic E-state index is 10.2. The summed E-state index contributed by atoms with van der Waals surface area (Å²) in [5.41, 5.74) is 4.56. The maximum Gasteiger partial charge on any atom is 0.212 e. The number of fused-ring (bicyclic) bond motifs is 1. The van der Waals surface area contributed by atoms with Gasteiger partial charge in [0.15, 0.2) is 0 Å². The first-order valence-electron chi connectivity index (χ1n) is 12.7. The van der Waals surface area contributed by atoms with E-state index >= 15 is 0 Å². The molecular formula is C28H30N8O2. The minimum atomic E-state index is -0.685. The summed E-state index contributed by atoms with van der Waals surface area (Å²) in [5, 5.41) is 24.3. The molecule has 4 aromatic rings. The van der Waals surface area contributed by atoms with Crippen molar-refractivity contribution in [2.75, 3.05) is 56.2 Å². The smallest absolute Gasteiger partial charge is 0.212 e. The molecule has 38 heavy (non-hydrogen) atoms. The third kappa shape index (κ3) is 4.62. The molecule has 0 atom stereocenters. The Morgan fingerprint density at radius 1 is 1.03 bits per heavy atom. The molecule has 2 fully saturated rings. The van der Waals surface area contributed by atoms with Crippen LogP contribution in [0.5, 0.6) is 5.88 Å². The van der Waals surface area contributed by atoms with Crippen molar-refractivity contribution in [3.05, 3.63) is 66.2 Å². The molecule has 0 unspecified atom stereocenters. The number of ether oxygens (including phenoxy) is 1. The molecule has 0 aromatic carbocycles. The van der Waals surface area contributed by atoms with Crippen LogP contribution in [0.15, 0.2) is 55.1 Å². The predicted octanol–water partition coefficient (Wildman–Crippen LogP) is 2.56. The predicted molar refractivity (Wildman–Crippen MR) is 144 cm³/mol. The zero-order chi connectivity index (χ0) is 26.3. The number of methoxy groups -OCH3 is 1. The van der Waals surface area contributed by atoms with E-state index in [-0.39, 0.29) is 0 Å². The highest BCUT2D eigenvalue weighted by Crippen LogP contribution is 2.34. The van der Waals surface area contributed by atoms with Crippen molar-refractivity contribution in [1.82, 2.24) is 24.5 Å². The highest BCUT2D eigenvalue weighted by Gasteiger charge is 2.37. The van der Waals surface area contributed by atoms with Gasteiger partial charge in [0, 0.05) is 75.4 Å². The van der Waals surface area contributed by atoms with Crippen molar-refractivity contribution in [1.29, 1.82) is 5.26 Å². The van der Waals surface area contributed by atoms with Crippen molar-refractivity contribution < 1.29 is 9.84 Å². The minimum Gasteiger partial charge on any atom is -0.481 e. The van der Waals surface area contributed by atoms with E-state index in [9.17, 15) is 10.4 Å². The molecule has 0 spiro atoms. The van der Waals surface area contributed by atoms with Crippen LogP contribution < -0.4 is 14.5 Å². The molecule has 194 valence electrons. The third-order valence-electron chi connectivity index (χ3n) is 7.31. The van der Waals surface area contributed by atoms with Crippen LogP contribution in [0.1, 0.15) is 18.1 Å². The first-order valence-corrected chi connectivity index (χ1v) is 12.7. The molecule has 1 N–H and O–H groups in total. The fourth-order valence-electron chi connectivity index (χ4n) is 5.29. The molecule has 0 aliphatic carbocycles. The lowest BCUT2D eigenvalue weighted by molar-refractivity contribution is 0.0310. The molecule has 6 rings (SSSR count). The summed E-state index contributed by atoms with van der Waals surface area (Å²) in [6, 6.07) is 12.4. The van der Waals surface area contributed by atoms with E-state index in [4.69, 9.17) is 9.72 Å². The van der Waals surface area contributed by atoms with Crippen LogP contribution in [0, 0.1) is 11.3 Å². The Hall–Kier alpha value is -4.20. The van der Waals surface area contributed by atoms with Gasteiger partial charge in [-0.15, -0.1) is 0 Å². The summed E-state index contributed by atoms with van der Waals surface area (Å²) in [5.74, 6) is 1.57. The SMILES string of the molecule is COc1ccc(CN2CCN(c3ccc(-c4cc(N5CC(C)(O)C5)cn5ncc(C#N)c45)cn3)CC2)cn1. The lowest BCUT2D eigenvalue weighted by Gasteiger charge is -2.45. The van der Waals surface area contributed by atoms with Gasteiger partial charge in [-0.25, -0.2) is 14.5 Å². The van der Waals surface area contributed by atoms with Crippen LogP contribution in [0.4, 0.5) is 11.5 Å². The first-order chi connectivity index (χ1) is 18.4. The molecular weight excluding hydrogens is 480 g/mol. The average Bonchev–Trinajstić information content (AvgIpc) is 3.35. The molecule has 0 bridgehead atoms. The first kappa shape index (κ1) is 24.2. The van der Waals surface area contributed by atoms with Gasteiger partial charge in [0.25, 0.3) is 0 Å². The van der Waals surface area contributed by atoms with E-state index in [0.29, 0.717) is 24.5 Å². The Balaban J connectivity index is 1.18. The zero-order valence-electron chi connectivity index (χ0n) is 21.6. The monoisotopic (exact) mass is 510 g/mol. The Morgan fingerprint density at radius 2 is 1.84 bits per heavy atom. The number of aliphatic hydroxyl groups is 1. The molecule has 10 nitrogen and oxygen atoms in total. The van der Waals surface area contributed by atoms with Gasteiger partial charge in [-0.1, -0.05) is 6.07 Å². The van der Waals surface area contributed by atoms with Gasteiger partial charge in [0.1, 0.15) is 11.9 Å². The summed E-state index contributed by atoms with van der Waals surface area (Å²) in [6.45, 7) is 7.49. The van der Waals surface area contributed by atoms with E-state index < -0.39 is 5.60 Å². The van der Waals surface area contributed by atoms with E-state index in [1.54, 1.807) is 17.8 Å². The summed E-state index contributed by atoms with van der Waals surface area (Å²) in [7, 11) is 1.63. The Labute approximate surface area is 221 Å². The average molecular weight is 511 g/mol. The second-order valence-corrected chi connectivity index (χ2v) is 10.3. The molecule has 2 saturated heterocycles. The second-order valence-electron chi connectivity index (χ2n) is 10.3. The van der Waals surface area contributed by atoms with Gasteiger partial charge in [0.05, 0.1) is 41.9 Å². The van der Waals surface area contributed by atoms with Crippen LogP contribution in [-0.4, -0.2) is 81.6 Å². The highest BCUT2D eigenvalue weighted by atomic mass is 16.5. The van der Waals surface area contributed by atoms with Crippen LogP contribution in [-0.2, 0) is 6.54 Å². The number of hydrogen-bond acceptors (Lipinski definition) is 9. The van der Waals surface area contributed by atoms with Crippen molar-refractivity contribution in [2.24, 2.45) is 0 Å². The van der Waals surface area contributed by atoms with Gasteiger partial charge in [-0.3, -0.25) is 4.90 Å². The van der Waals surface area contributed by atoms with Crippen LogP contribution >= 0.6 is 0 Å². The van der Waals surface area contributed by atoms with Crippen molar-refractivity contribution in [3.8, 4) is 23.1 Å². The molecule has 0 saturated carbocycles. The van der Waals surface area contributed by atoms with Gasteiger partial charge in [-0.2, -0.15) is 10.4 Å². The number of nitrogens with zero attached hydrogens (tertiary/aromatic N) is 8. The molecule has 2 aliphatic rings. The molecule has 10 heteroatoms. The van der Waals surface area contributed by atoms with Gasteiger partial charge in [0.2, 0.25) is 5.88 Å². The van der Waals surface area contributed by atoms with E-state index in [1.807, 2.05) is 31.6 Å². The number of anilines is 2. The van der Waals surface area contributed by atoms with E-state index in [0.717, 1.165) is 60.9 Å². The van der Waals surface area contributed by atoms with Gasteiger partial charge >= 0.3 is 0 Å². The summed E-state index contributed by atoms with van der Waals surface area (Å²) in [4.78, 5) is 16.0. The number of aromatic nitrogens is 4. The quantitative estimate of drug-likeness (QED) is 0.419. The molecule has 4 aromatic heterocycles. The minimum absolute atomic E-state index is 0.523.